The molecule has 242 valence electrons. The number of carbonyl (C=O) groups excluding carboxylic acids is 1. The van der Waals surface area contributed by atoms with Gasteiger partial charge in [0.2, 0.25) is 0 Å². The van der Waals surface area contributed by atoms with Crippen molar-refractivity contribution >= 4 is 6.29 Å². The number of hydrogen-bond acceptors (Lipinski definition) is 19. The fourth-order valence-corrected chi connectivity index (χ4v) is 1.39. The Balaban J connectivity index is -0.000000130. The topological polar surface area (TPSA) is 381 Å². The van der Waals surface area contributed by atoms with E-state index in [1.807, 2.05) is 0 Å². The summed E-state index contributed by atoms with van der Waals surface area (Å²) in [4.78, 5) is 9.90. The summed E-state index contributed by atoms with van der Waals surface area (Å²) in [6.45, 7) is -1.89. The van der Waals surface area contributed by atoms with Gasteiger partial charge in [-0.15, -0.1) is 0 Å². The monoisotopic (exact) mass is 592 g/mol. The van der Waals surface area contributed by atoms with E-state index in [-0.39, 0.29) is 26.1 Å². The number of hydrogen-bond donors (Lipinski definition) is 18. The molecular weight excluding hydrogens is 544 g/mol. The molecule has 0 aromatic rings. The minimum atomic E-state index is -1.79. The molecule has 0 aromatic heterocycles. The molecule has 0 amide bonds. The first-order chi connectivity index (χ1) is 18.1. The maximum absolute atomic E-state index is 9.90. The molecule has 0 spiro atoms. The molecule has 9 atom stereocenters. The highest BCUT2D eigenvalue weighted by molar-refractivity contribution is 5.56. The summed E-state index contributed by atoms with van der Waals surface area (Å²) < 4.78 is 0. The van der Waals surface area contributed by atoms with E-state index in [4.69, 9.17) is 91.9 Å². The van der Waals surface area contributed by atoms with Crippen molar-refractivity contribution in [1.82, 2.24) is 0 Å². The van der Waals surface area contributed by atoms with Gasteiger partial charge in [0.1, 0.15) is 61.0 Å². The minimum Gasteiger partial charge on any atom is -0.397 e. The number of aliphatic hydroxyl groups excluding tert-OH is 18. The summed E-state index contributed by atoms with van der Waals surface area (Å²) in [5.74, 6) is 0. The molecule has 0 saturated carbocycles. The van der Waals surface area contributed by atoms with Crippen LogP contribution in [-0.2, 0) is 4.79 Å². The van der Waals surface area contributed by atoms with E-state index >= 15 is 0 Å². The predicted molar refractivity (Wildman–Crippen MR) is 128 cm³/mol. The first-order valence-electron chi connectivity index (χ1n) is 11.2. The SMILES string of the molecule is CCO.O=C[C@H](O)[C@@H](O)[C@H](O)[C@H](O)CO.OCC(O)CO.OC[C@@H](O)C(O)[C@@H](O)CO.OC[C@@H](O)[C@@H](O)CO. The van der Waals surface area contributed by atoms with E-state index in [0.717, 1.165) is 0 Å². The third-order valence-corrected chi connectivity index (χ3v) is 3.82. The van der Waals surface area contributed by atoms with E-state index < -0.39 is 94.1 Å². The summed E-state index contributed by atoms with van der Waals surface area (Å²) >= 11 is 0. The van der Waals surface area contributed by atoms with E-state index in [0.29, 0.717) is 0 Å². The normalized spacial score (nSPS) is 17.3. The van der Waals surface area contributed by atoms with Crippen molar-refractivity contribution in [2.24, 2.45) is 0 Å². The molecule has 0 rings (SSSR count). The number of rotatable bonds is 14. The molecule has 0 saturated heterocycles. The molecule has 0 heterocycles. The van der Waals surface area contributed by atoms with Crippen LogP contribution in [0.3, 0.4) is 0 Å². The van der Waals surface area contributed by atoms with Gasteiger partial charge >= 0.3 is 0 Å². The molecule has 0 aromatic carbocycles. The van der Waals surface area contributed by atoms with Gasteiger partial charge in [0.15, 0.2) is 6.29 Å². The molecule has 19 heteroatoms. The van der Waals surface area contributed by atoms with Crippen LogP contribution in [0, 0.1) is 0 Å². The Bertz CT molecular complexity index is 454. The highest BCUT2D eigenvalue weighted by Gasteiger charge is 2.29. The molecule has 0 aliphatic rings. The van der Waals surface area contributed by atoms with E-state index in [1.165, 1.54) is 0 Å². The Morgan fingerprint density at radius 2 is 0.692 bits per heavy atom. The van der Waals surface area contributed by atoms with Gasteiger partial charge in [-0.2, -0.15) is 0 Å². The summed E-state index contributed by atoms with van der Waals surface area (Å²) in [7, 11) is 0. The molecule has 0 aliphatic heterocycles. The summed E-state index contributed by atoms with van der Waals surface area (Å²) in [6.07, 6.45) is -14.5. The summed E-state index contributed by atoms with van der Waals surface area (Å²) in [6, 6.07) is 0. The molecule has 0 aliphatic carbocycles. The Kier molecular flexibility index (Phi) is 40.6. The van der Waals surface area contributed by atoms with Gasteiger partial charge in [-0.3, -0.25) is 0 Å². The van der Waals surface area contributed by atoms with E-state index in [9.17, 15) is 4.79 Å². The van der Waals surface area contributed by atoms with Gasteiger partial charge in [-0.05, 0) is 6.92 Å². The van der Waals surface area contributed by atoms with Crippen LogP contribution in [0.5, 0.6) is 0 Å². The van der Waals surface area contributed by atoms with Gasteiger partial charge in [0, 0.05) is 6.61 Å². The zero-order valence-electron chi connectivity index (χ0n) is 21.5. The van der Waals surface area contributed by atoms with Crippen molar-refractivity contribution in [3.05, 3.63) is 0 Å². The van der Waals surface area contributed by atoms with Gasteiger partial charge in [-0.1, -0.05) is 0 Å². The average molecular weight is 593 g/mol. The Hall–Kier alpha value is -1.05. The highest BCUT2D eigenvalue weighted by Crippen LogP contribution is 2.03. The fourth-order valence-electron chi connectivity index (χ4n) is 1.39. The predicted octanol–water partition coefficient (Wildman–Crippen LogP) is -10.3. The van der Waals surface area contributed by atoms with E-state index in [1.54, 1.807) is 6.92 Å². The second-order valence-electron chi connectivity index (χ2n) is 7.18. The zero-order chi connectivity index (χ0) is 32.1. The number of aliphatic hydroxyl groups is 18. The maximum atomic E-state index is 9.90. The molecule has 0 fully saturated rings. The molecule has 0 bridgehead atoms. The quantitative estimate of drug-likeness (QED) is 0.0832. The van der Waals surface area contributed by atoms with Crippen LogP contribution >= 0.6 is 0 Å². The molecule has 39 heavy (non-hydrogen) atoms. The lowest BCUT2D eigenvalue weighted by molar-refractivity contribution is -0.136. The van der Waals surface area contributed by atoms with Gasteiger partial charge in [0.25, 0.3) is 0 Å². The van der Waals surface area contributed by atoms with Crippen LogP contribution in [0.1, 0.15) is 6.92 Å². The lowest BCUT2D eigenvalue weighted by atomic mass is 10.0. The lowest BCUT2D eigenvalue weighted by Crippen LogP contribution is -2.46. The Labute approximate surface area is 224 Å². The molecule has 18 N–H and O–H groups in total. The highest BCUT2D eigenvalue weighted by atomic mass is 16.4. The smallest absolute Gasteiger partial charge is 0.151 e. The van der Waals surface area contributed by atoms with Crippen LogP contribution in [0.15, 0.2) is 0 Å². The molecule has 0 radical (unpaired) electrons. The average Bonchev–Trinajstić information content (AvgIpc) is 2.97. The summed E-state index contributed by atoms with van der Waals surface area (Å²) in [5.41, 5.74) is 0. The first-order valence-corrected chi connectivity index (χ1v) is 11.2. The Morgan fingerprint density at radius 3 is 0.872 bits per heavy atom. The number of aldehydes is 1. The lowest BCUT2D eigenvalue weighted by Gasteiger charge is -2.22. The number of carbonyl (C=O) groups is 1. The molecule has 19 nitrogen and oxygen atoms in total. The standard InChI is InChI=1S/C6H12O6.C5H12O5.C4H10O4.C3H8O3.C2H6O/c7-1-3(9)5(11)6(12)4(10)2-8;6-1-3(8)5(10)4(9)2-7;5-1-3(7)4(8)2-6;4-1-3(6)2-5;1-2-3/h1,3-6,8-12H,2H2;3-10H,1-2H2;3-8H,1-2H2;3-6H,1-2H2;3H,2H2,1H3/t3-,4+,5+,6+;3-,4+,5?;3-,4+;;/m0..../s1. The molecule has 1 unspecified atom stereocenters. The van der Waals surface area contributed by atoms with Crippen LogP contribution in [0.25, 0.3) is 0 Å². The third-order valence-electron chi connectivity index (χ3n) is 3.82. The summed E-state index contributed by atoms with van der Waals surface area (Å²) in [5, 5.41) is 151. The molecular formula is C20H48O19. The first kappa shape index (κ1) is 47.7. The minimum absolute atomic E-state index is 0.0258. The van der Waals surface area contributed by atoms with Crippen molar-refractivity contribution in [1.29, 1.82) is 0 Å². The van der Waals surface area contributed by atoms with Crippen molar-refractivity contribution in [2.45, 2.75) is 68.0 Å². The van der Waals surface area contributed by atoms with Crippen molar-refractivity contribution in [3.8, 4) is 0 Å². The second-order valence-corrected chi connectivity index (χ2v) is 7.18. The second kappa shape index (κ2) is 33.2. The maximum Gasteiger partial charge on any atom is 0.151 e. The van der Waals surface area contributed by atoms with E-state index in [2.05, 4.69) is 0 Å². The Morgan fingerprint density at radius 1 is 0.436 bits per heavy atom. The van der Waals surface area contributed by atoms with Gasteiger partial charge in [0.05, 0.1) is 46.2 Å². The van der Waals surface area contributed by atoms with Crippen LogP contribution < -0.4 is 0 Å². The third kappa shape index (κ3) is 29.8. The van der Waals surface area contributed by atoms with Crippen LogP contribution in [0.4, 0.5) is 0 Å². The van der Waals surface area contributed by atoms with Gasteiger partial charge in [-0.25, -0.2) is 0 Å². The zero-order valence-corrected chi connectivity index (χ0v) is 21.5. The van der Waals surface area contributed by atoms with Crippen molar-refractivity contribution in [3.63, 3.8) is 0 Å². The van der Waals surface area contributed by atoms with Gasteiger partial charge < -0.3 is 96.7 Å². The fraction of sp³-hybridized carbons (Fsp3) is 0.950. The van der Waals surface area contributed by atoms with Crippen molar-refractivity contribution < 1.29 is 96.7 Å². The van der Waals surface area contributed by atoms with Crippen LogP contribution in [0.2, 0.25) is 0 Å². The van der Waals surface area contributed by atoms with Crippen molar-refractivity contribution in [2.75, 3.05) is 52.9 Å². The van der Waals surface area contributed by atoms with Crippen LogP contribution in [-0.4, -0.2) is 212 Å². The largest absolute Gasteiger partial charge is 0.397 e.